The molecule has 5 nitrogen and oxygen atoms in total. The van der Waals surface area contributed by atoms with Crippen molar-refractivity contribution in [1.82, 2.24) is 5.32 Å². The molecule has 2 aromatic rings. The summed E-state index contributed by atoms with van der Waals surface area (Å²) in [5.74, 6) is 0.736. The number of aryl methyl sites for hydroxylation is 1. The first kappa shape index (κ1) is 17.1. The topological polar surface area (TPSA) is 68.5 Å². The quantitative estimate of drug-likeness (QED) is 0.797. The maximum absolute atomic E-state index is 11.7. The van der Waals surface area contributed by atoms with E-state index in [0.29, 0.717) is 23.8 Å². The van der Waals surface area contributed by atoms with Gasteiger partial charge in [0.2, 0.25) is 0 Å². The molecule has 0 unspecified atom stereocenters. The van der Waals surface area contributed by atoms with Crippen LogP contribution in [0.3, 0.4) is 0 Å². The summed E-state index contributed by atoms with van der Waals surface area (Å²) < 4.78 is 10.7. The Kier molecular flexibility index (Phi) is 5.79. The monoisotopic (exact) mass is 317 g/mol. The summed E-state index contributed by atoms with van der Waals surface area (Å²) in [5, 5.41) is 3.69. The van der Waals surface area contributed by atoms with E-state index < -0.39 is 0 Å². The van der Waals surface area contributed by atoms with Crippen LogP contribution in [-0.4, -0.2) is 19.1 Å². The number of hydrogen-bond donors (Lipinski definition) is 1. The summed E-state index contributed by atoms with van der Waals surface area (Å²) in [5.41, 5.74) is 1.09. The molecule has 0 radical (unpaired) electrons. The van der Waals surface area contributed by atoms with Gasteiger partial charge in [-0.1, -0.05) is 27.2 Å². The molecule has 0 saturated heterocycles. The molecule has 2 rings (SSSR count). The highest BCUT2D eigenvalue weighted by atomic mass is 16.5. The van der Waals surface area contributed by atoms with E-state index in [-0.39, 0.29) is 18.1 Å². The average Bonchev–Trinajstić information content (AvgIpc) is 2.50. The number of ether oxygens (including phenoxy) is 1. The van der Waals surface area contributed by atoms with E-state index in [1.54, 1.807) is 12.1 Å². The van der Waals surface area contributed by atoms with Gasteiger partial charge in [-0.25, -0.2) is 4.79 Å². The van der Waals surface area contributed by atoms with Crippen LogP contribution >= 0.6 is 0 Å². The van der Waals surface area contributed by atoms with E-state index in [1.807, 2.05) is 19.9 Å². The summed E-state index contributed by atoms with van der Waals surface area (Å²) in [6, 6.07) is 6.85. The molecule has 23 heavy (non-hydrogen) atoms. The number of benzene rings is 1. The highest BCUT2D eigenvalue weighted by molar-refractivity contribution is 5.82. The summed E-state index contributed by atoms with van der Waals surface area (Å²) in [7, 11) is 0. The third kappa shape index (κ3) is 4.84. The molecule has 0 bridgehead atoms. The van der Waals surface area contributed by atoms with Gasteiger partial charge in [0, 0.05) is 24.1 Å². The van der Waals surface area contributed by atoms with Gasteiger partial charge in [0.25, 0.3) is 5.91 Å². The van der Waals surface area contributed by atoms with Crippen LogP contribution in [0.1, 0.15) is 32.8 Å². The zero-order valence-corrected chi connectivity index (χ0v) is 13.8. The molecule has 0 aliphatic rings. The van der Waals surface area contributed by atoms with E-state index in [1.165, 1.54) is 6.07 Å². The van der Waals surface area contributed by atoms with Gasteiger partial charge in [-0.2, -0.15) is 0 Å². The molecule has 124 valence electrons. The van der Waals surface area contributed by atoms with Crippen LogP contribution in [0.4, 0.5) is 0 Å². The lowest BCUT2D eigenvalue weighted by atomic mass is 10.1. The Morgan fingerprint density at radius 3 is 2.78 bits per heavy atom. The lowest BCUT2D eigenvalue weighted by Gasteiger charge is -2.10. The van der Waals surface area contributed by atoms with E-state index >= 15 is 0 Å². The number of rotatable bonds is 7. The van der Waals surface area contributed by atoms with Crippen molar-refractivity contribution < 1.29 is 13.9 Å². The van der Waals surface area contributed by atoms with Gasteiger partial charge in [0.05, 0.1) is 0 Å². The Bertz CT molecular complexity index is 733. The first-order chi connectivity index (χ1) is 11.0. The zero-order chi connectivity index (χ0) is 16.8. The number of hydrogen-bond acceptors (Lipinski definition) is 4. The third-order valence-electron chi connectivity index (χ3n) is 3.40. The van der Waals surface area contributed by atoms with Crippen molar-refractivity contribution in [3.8, 4) is 5.75 Å². The standard InChI is InChI=1S/C18H23NO4/c1-4-5-13-8-18(21)23-16-9-14(6-7-15(13)16)22-11-17(20)19-10-12(2)3/h6-9,12H,4-5,10-11H2,1-3H3,(H,19,20). The minimum atomic E-state index is -0.368. The van der Waals surface area contributed by atoms with Crippen molar-refractivity contribution in [2.45, 2.75) is 33.6 Å². The van der Waals surface area contributed by atoms with E-state index in [0.717, 1.165) is 23.8 Å². The molecule has 0 atom stereocenters. The fourth-order valence-electron chi connectivity index (χ4n) is 2.29. The molecule has 1 N–H and O–H groups in total. The Labute approximate surface area is 135 Å². The smallest absolute Gasteiger partial charge is 0.336 e. The highest BCUT2D eigenvalue weighted by Gasteiger charge is 2.08. The lowest BCUT2D eigenvalue weighted by molar-refractivity contribution is -0.123. The molecular weight excluding hydrogens is 294 g/mol. The van der Waals surface area contributed by atoms with Crippen LogP contribution in [-0.2, 0) is 11.2 Å². The number of amides is 1. The molecule has 0 aliphatic carbocycles. The first-order valence-corrected chi connectivity index (χ1v) is 7.96. The predicted octanol–water partition coefficient (Wildman–Crippen LogP) is 2.90. The Balaban J connectivity index is 2.11. The Morgan fingerprint density at radius 1 is 1.30 bits per heavy atom. The van der Waals surface area contributed by atoms with Crippen molar-refractivity contribution in [2.24, 2.45) is 5.92 Å². The van der Waals surface area contributed by atoms with Gasteiger partial charge < -0.3 is 14.5 Å². The van der Waals surface area contributed by atoms with E-state index in [4.69, 9.17) is 9.15 Å². The van der Waals surface area contributed by atoms with Gasteiger partial charge in [-0.05, 0) is 30.0 Å². The molecule has 0 saturated carbocycles. The van der Waals surface area contributed by atoms with Gasteiger partial charge in [0.1, 0.15) is 11.3 Å². The molecule has 0 spiro atoms. The van der Waals surface area contributed by atoms with Crippen molar-refractivity contribution in [1.29, 1.82) is 0 Å². The first-order valence-electron chi connectivity index (χ1n) is 7.96. The number of nitrogens with one attached hydrogen (secondary N) is 1. The van der Waals surface area contributed by atoms with E-state index in [2.05, 4.69) is 12.2 Å². The highest BCUT2D eigenvalue weighted by Crippen LogP contribution is 2.23. The summed E-state index contributed by atoms with van der Waals surface area (Å²) in [4.78, 5) is 23.3. The largest absolute Gasteiger partial charge is 0.484 e. The lowest BCUT2D eigenvalue weighted by Crippen LogP contribution is -2.31. The maximum atomic E-state index is 11.7. The van der Waals surface area contributed by atoms with Crippen LogP contribution in [0.2, 0.25) is 0 Å². The second-order valence-corrected chi connectivity index (χ2v) is 5.99. The predicted molar refractivity (Wildman–Crippen MR) is 89.8 cm³/mol. The van der Waals surface area contributed by atoms with Crippen LogP contribution in [0.15, 0.2) is 33.5 Å². The number of carbonyl (C=O) groups is 1. The Morgan fingerprint density at radius 2 is 2.09 bits per heavy atom. The van der Waals surface area contributed by atoms with Crippen LogP contribution in [0.5, 0.6) is 5.75 Å². The minimum Gasteiger partial charge on any atom is -0.484 e. The molecule has 1 amide bonds. The van der Waals surface area contributed by atoms with Gasteiger partial charge >= 0.3 is 5.63 Å². The van der Waals surface area contributed by atoms with Crippen LogP contribution < -0.4 is 15.7 Å². The summed E-state index contributed by atoms with van der Waals surface area (Å²) in [6.07, 6.45) is 1.77. The van der Waals surface area contributed by atoms with Gasteiger partial charge in [-0.15, -0.1) is 0 Å². The SMILES string of the molecule is CCCc1cc(=O)oc2cc(OCC(=O)NCC(C)C)ccc12. The number of carbonyl (C=O) groups excluding carboxylic acids is 1. The van der Waals surface area contributed by atoms with Crippen molar-refractivity contribution in [2.75, 3.05) is 13.2 Å². The molecule has 1 heterocycles. The van der Waals surface area contributed by atoms with E-state index in [9.17, 15) is 9.59 Å². The molecule has 5 heteroatoms. The van der Waals surface area contributed by atoms with Crippen LogP contribution in [0.25, 0.3) is 11.0 Å². The molecule has 1 aromatic carbocycles. The van der Waals surface area contributed by atoms with Gasteiger partial charge in [0.15, 0.2) is 6.61 Å². The molecular formula is C18H23NO4. The van der Waals surface area contributed by atoms with Crippen molar-refractivity contribution in [3.05, 3.63) is 40.2 Å². The zero-order valence-electron chi connectivity index (χ0n) is 13.8. The van der Waals surface area contributed by atoms with Crippen LogP contribution in [0, 0.1) is 5.92 Å². The summed E-state index contributed by atoms with van der Waals surface area (Å²) in [6.45, 7) is 6.68. The Hall–Kier alpha value is -2.30. The molecule has 0 fully saturated rings. The minimum absolute atomic E-state index is 0.0584. The van der Waals surface area contributed by atoms with Crippen molar-refractivity contribution >= 4 is 16.9 Å². The maximum Gasteiger partial charge on any atom is 0.336 e. The fourth-order valence-corrected chi connectivity index (χ4v) is 2.29. The average molecular weight is 317 g/mol. The molecule has 0 aliphatic heterocycles. The third-order valence-corrected chi connectivity index (χ3v) is 3.40. The number of fused-ring (bicyclic) bond motifs is 1. The molecule has 1 aromatic heterocycles. The second-order valence-electron chi connectivity index (χ2n) is 5.99. The van der Waals surface area contributed by atoms with Crippen molar-refractivity contribution in [3.63, 3.8) is 0 Å². The fraction of sp³-hybridized carbons (Fsp3) is 0.444. The second kappa shape index (κ2) is 7.81. The van der Waals surface area contributed by atoms with Gasteiger partial charge in [-0.3, -0.25) is 4.79 Å². The normalized spacial score (nSPS) is 11.0. The summed E-state index contributed by atoms with van der Waals surface area (Å²) >= 11 is 0.